The van der Waals surface area contributed by atoms with E-state index in [1.54, 1.807) is 0 Å². The average molecular weight is 756 g/mol. The van der Waals surface area contributed by atoms with Gasteiger partial charge in [-0.15, -0.1) is 0 Å². The number of fused-ring (bicyclic) bond motifs is 3. The summed E-state index contributed by atoms with van der Waals surface area (Å²) in [5.41, 5.74) is 12.6. The minimum absolute atomic E-state index is 0.111. The van der Waals surface area contributed by atoms with Crippen LogP contribution in [0.5, 0.6) is 0 Å². The minimum atomic E-state index is -3.51. The van der Waals surface area contributed by atoms with Crippen molar-refractivity contribution in [3.05, 3.63) is 238 Å². The standard InChI is InChI=1S/C53H42NO2P/c1-34(2)29-30-38(33-55)52(36-17-7-4-8-18-36)43-25-15-27-46-49(43)54-50-44(26-16-28-47(50)57(46,56)39-21-11-6-12-22-39)53(37-19-9-5-10-20-37)42-24-14-13-23-40(42)35(3)41-31-32-45(52)51(54)48(41)53/h4-35,55H,1-3H3/b30-29-,38-33+. The highest BCUT2D eigenvalue weighted by Crippen LogP contribution is 2.71. The van der Waals surface area contributed by atoms with Crippen LogP contribution in [-0.2, 0) is 15.4 Å². The number of allylic oxidation sites excluding steroid dienone is 3. The summed E-state index contributed by atoms with van der Waals surface area (Å²) in [5, 5.41) is 14.2. The first-order valence-corrected chi connectivity index (χ1v) is 21.8. The van der Waals surface area contributed by atoms with Gasteiger partial charge in [-0.2, -0.15) is 0 Å². The lowest BCUT2D eigenvalue weighted by atomic mass is 9.53. The van der Waals surface area contributed by atoms with Gasteiger partial charge in [0, 0.05) is 27.4 Å². The fourth-order valence-electron chi connectivity index (χ4n) is 11.0. The SMILES string of the molecule is CC(C)/C=C\C(=C/O)C1(c2ccccc2)c2cccc3c2N2c4c(cccc4P3(=O)c3ccccc3)C3(c4ccccc4)c4ccccc4C(C)c4ccc1c2c43. The van der Waals surface area contributed by atoms with Gasteiger partial charge >= 0.3 is 0 Å². The number of nitrogens with zero attached hydrogens (tertiary/aromatic N) is 1. The van der Waals surface area contributed by atoms with E-state index in [0.717, 1.165) is 60.8 Å². The molecular weight excluding hydrogens is 714 g/mol. The zero-order valence-corrected chi connectivity index (χ0v) is 33.1. The minimum Gasteiger partial charge on any atom is -0.515 e. The number of anilines is 3. The van der Waals surface area contributed by atoms with E-state index < -0.39 is 18.0 Å². The highest BCUT2D eigenvalue weighted by molar-refractivity contribution is 7.86. The van der Waals surface area contributed by atoms with Crippen molar-refractivity contribution in [2.75, 3.05) is 4.90 Å². The summed E-state index contributed by atoms with van der Waals surface area (Å²) in [5.74, 6) is 0.356. The van der Waals surface area contributed by atoms with Crippen molar-refractivity contribution >= 4 is 40.1 Å². The molecule has 57 heavy (non-hydrogen) atoms. The Hall–Kier alpha value is -6.15. The van der Waals surface area contributed by atoms with Crippen LogP contribution >= 0.6 is 7.14 Å². The van der Waals surface area contributed by atoms with Crippen molar-refractivity contribution in [3.8, 4) is 0 Å². The lowest BCUT2D eigenvalue weighted by molar-refractivity contribution is 0.460. The Kier molecular flexibility index (Phi) is 7.29. The zero-order valence-electron chi connectivity index (χ0n) is 32.2. The van der Waals surface area contributed by atoms with Gasteiger partial charge in [0.25, 0.3) is 0 Å². The molecule has 3 aliphatic heterocycles. The molecule has 0 fully saturated rings. The highest BCUT2D eigenvalue weighted by Gasteiger charge is 2.60. The molecule has 7 aromatic rings. The molecule has 0 spiro atoms. The molecule has 1 aliphatic carbocycles. The summed E-state index contributed by atoms with van der Waals surface area (Å²) >= 11 is 0. The molecule has 3 heterocycles. The van der Waals surface area contributed by atoms with Crippen molar-refractivity contribution < 1.29 is 9.67 Å². The molecule has 1 N–H and O–H groups in total. The quantitative estimate of drug-likeness (QED) is 0.104. The number of rotatable bonds is 6. The number of aliphatic hydroxyl groups excluding tert-OH is 1. The van der Waals surface area contributed by atoms with Gasteiger partial charge < -0.3 is 14.6 Å². The predicted octanol–water partition coefficient (Wildman–Crippen LogP) is 11.6. The summed E-state index contributed by atoms with van der Waals surface area (Å²) in [6, 6.07) is 58.3. The normalized spacial score (nSPS) is 23.3. The molecule has 0 saturated carbocycles. The van der Waals surface area contributed by atoms with Crippen molar-refractivity contribution in [2.24, 2.45) is 5.92 Å². The van der Waals surface area contributed by atoms with Crippen LogP contribution in [0, 0.1) is 5.92 Å². The average Bonchev–Trinajstić information content (AvgIpc) is 3.26. The van der Waals surface area contributed by atoms with Gasteiger partial charge in [-0.05, 0) is 68.1 Å². The lowest BCUT2D eigenvalue weighted by Crippen LogP contribution is -2.51. The molecule has 276 valence electrons. The first-order chi connectivity index (χ1) is 27.9. The molecule has 7 aromatic carbocycles. The predicted molar refractivity (Wildman–Crippen MR) is 234 cm³/mol. The molecule has 0 saturated heterocycles. The van der Waals surface area contributed by atoms with Gasteiger partial charge in [0.1, 0.15) is 0 Å². The molecule has 0 bridgehead atoms. The Morgan fingerprint density at radius 2 is 1.18 bits per heavy atom. The van der Waals surface area contributed by atoms with Gasteiger partial charge in [-0.1, -0.05) is 185 Å². The Morgan fingerprint density at radius 1 is 0.614 bits per heavy atom. The van der Waals surface area contributed by atoms with E-state index >= 15 is 4.57 Å². The van der Waals surface area contributed by atoms with Crippen LogP contribution in [0.2, 0.25) is 0 Å². The van der Waals surface area contributed by atoms with Crippen molar-refractivity contribution in [3.63, 3.8) is 0 Å². The summed E-state index contributed by atoms with van der Waals surface area (Å²) in [7, 11) is -3.51. The van der Waals surface area contributed by atoms with Crippen molar-refractivity contribution in [2.45, 2.75) is 37.5 Å². The lowest BCUT2D eigenvalue weighted by Gasteiger charge is -2.58. The van der Waals surface area contributed by atoms with E-state index in [-0.39, 0.29) is 11.8 Å². The van der Waals surface area contributed by atoms with Gasteiger partial charge in [0.05, 0.1) is 34.2 Å². The number of hydrogen-bond acceptors (Lipinski definition) is 3. The second-order valence-corrected chi connectivity index (χ2v) is 19.0. The van der Waals surface area contributed by atoms with E-state index in [1.807, 2.05) is 30.3 Å². The monoisotopic (exact) mass is 755 g/mol. The van der Waals surface area contributed by atoms with Crippen LogP contribution in [0.3, 0.4) is 0 Å². The zero-order chi connectivity index (χ0) is 38.7. The summed E-state index contributed by atoms with van der Waals surface area (Å²) in [6.45, 7) is 6.67. The topological polar surface area (TPSA) is 40.5 Å². The molecule has 4 atom stereocenters. The maximum absolute atomic E-state index is 16.9. The summed E-state index contributed by atoms with van der Waals surface area (Å²) < 4.78 is 16.9. The highest BCUT2D eigenvalue weighted by atomic mass is 31.2. The van der Waals surface area contributed by atoms with Gasteiger partial charge in [0.15, 0.2) is 7.14 Å². The molecular formula is C53H42NO2P. The second-order valence-electron chi connectivity index (χ2n) is 16.3. The Bertz CT molecular complexity index is 2900. The first-order valence-electron chi connectivity index (χ1n) is 20.0. The van der Waals surface area contributed by atoms with Crippen LogP contribution < -0.4 is 20.8 Å². The smallest absolute Gasteiger partial charge is 0.175 e. The molecule has 0 aromatic heterocycles. The second kappa shape index (κ2) is 12.2. The summed E-state index contributed by atoms with van der Waals surface area (Å²) in [4.78, 5) is 2.49. The molecule has 11 rings (SSSR count). The number of hydrogen-bond donors (Lipinski definition) is 1. The van der Waals surface area contributed by atoms with E-state index in [9.17, 15) is 5.11 Å². The van der Waals surface area contributed by atoms with Crippen LogP contribution in [-0.4, -0.2) is 5.11 Å². The van der Waals surface area contributed by atoms with Crippen LogP contribution in [0.25, 0.3) is 0 Å². The number of para-hydroxylation sites is 2. The fraction of sp³-hybridized carbons (Fsp3) is 0.132. The van der Waals surface area contributed by atoms with E-state index in [0.29, 0.717) is 0 Å². The Balaban J connectivity index is 1.44. The van der Waals surface area contributed by atoms with Crippen molar-refractivity contribution in [1.29, 1.82) is 0 Å². The molecule has 0 radical (unpaired) electrons. The maximum atomic E-state index is 16.9. The van der Waals surface area contributed by atoms with Crippen LogP contribution in [0.4, 0.5) is 17.1 Å². The number of benzene rings is 7. The molecule has 3 nitrogen and oxygen atoms in total. The maximum Gasteiger partial charge on any atom is 0.175 e. The van der Waals surface area contributed by atoms with E-state index in [1.165, 1.54) is 34.1 Å². The Morgan fingerprint density at radius 3 is 1.84 bits per heavy atom. The third kappa shape index (κ3) is 4.10. The van der Waals surface area contributed by atoms with Crippen LogP contribution in [0.15, 0.2) is 188 Å². The largest absolute Gasteiger partial charge is 0.515 e. The van der Waals surface area contributed by atoms with Crippen LogP contribution in [0.1, 0.15) is 76.8 Å². The molecule has 4 aliphatic rings. The third-order valence-corrected chi connectivity index (χ3v) is 16.3. The molecule has 4 heteroatoms. The molecule has 0 amide bonds. The van der Waals surface area contributed by atoms with Crippen molar-refractivity contribution in [1.82, 2.24) is 0 Å². The first kappa shape index (κ1) is 34.1. The summed E-state index contributed by atoms with van der Waals surface area (Å²) in [6.07, 6.45) is 5.60. The van der Waals surface area contributed by atoms with E-state index in [4.69, 9.17) is 0 Å². The fourth-order valence-corrected chi connectivity index (χ4v) is 14.1. The number of aliphatic hydroxyl groups is 1. The third-order valence-electron chi connectivity index (χ3n) is 13.2. The van der Waals surface area contributed by atoms with Gasteiger partial charge in [-0.25, -0.2) is 0 Å². The van der Waals surface area contributed by atoms with E-state index in [2.05, 4.69) is 171 Å². The van der Waals surface area contributed by atoms with Gasteiger partial charge in [-0.3, -0.25) is 0 Å². The Labute approximate surface area is 334 Å². The van der Waals surface area contributed by atoms with Gasteiger partial charge in [0.2, 0.25) is 0 Å². The molecule has 4 unspecified atom stereocenters.